The molecule has 0 amide bonds. The summed E-state index contributed by atoms with van der Waals surface area (Å²) in [6.45, 7) is 0. The molecule has 0 radical (unpaired) electrons. The summed E-state index contributed by atoms with van der Waals surface area (Å²) in [6, 6.07) is 0. The number of halogens is 1. The van der Waals surface area contributed by atoms with Crippen molar-refractivity contribution in [2.24, 2.45) is 11.8 Å². The molecule has 0 spiro atoms. The molecule has 0 saturated heterocycles. The molecule has 0 aromatic carbocycles. The minimum atomic E-state index is 0.492. The number of hydrogen-bond donors (Lipinski definition) is 0. The van der Waals surface area contributed by atoms with Crippen molar-refractivity contribution in [3.05, 3.63) is 0 Å². The van der Waals surface area contributed by atoms with Gasteiger partial charge in [-0.3, -0.25) is 0 Å². The van der Waals surface area contributed by atoms with Crippen LogP contribution in [0.15, 0.2) is 0 Å². The van der Waals surface area contributed by atoms with Crippen molar-refractivity contribution in [3.63, 3.8) is 0 Å². The molecule has 2 aliphatic carbocycles. The fraction of sp³-hybridized carbons (Fsp3) is 1.00. The predicted octanol–water partition coefficient (Wildman–Crippen LogP) is 6.70. The van der Waals surface area contributed by atoms with Crippen LogP contribution in [0.3, 0.4) is 0 Å². The van der Waals surface area contributed by atoms with Crippen LogP contribution in [0.1, 0.15) is 96.3 Å². The molecule has 112 valence electrons. The van der Waals surface area contributed by atoms with Gasteiger partial charge in [-0.15, -0.1) is 11.6 Å². The van der Waals surface area contributed by atoms with E-state index in [1.54, 1.807) is 0 Å². The number of rotatable bonds is 10. The van der Waals surface area contributed by atoms with Gasteiger partial charge in [0, 0.05) is 5.38 Å². The van der Waals surface area contributed by atoms with E-state index in [2.05, 4.69) is 0 Å². The Labute approximate surface area is 125 Å². The summed E-state index contributed by atoms with van der Waals surface area (Å²) in [5.74, 6) is 2.15. The van der Waals surface area contributed by atoms with Gasteiger partial charge in [0.05, 0.1) is 0 Å². The summed E-state index contributed by atoms with van der Waals surface area (Å²) < 4.78 is 0. The van der Waals surface area contributed by atoms with E-state index in [9.17, 15) is 0 Å². The average molecular weight is 285 g/mol. The lowest BCUT2D eigenvalue weighted by molar-refractivity contribution is 0.331. The van der Waals surface area contributed by atoms with Gasteiger partial charge >= 0.3 is 0 Å². The molecule has 2 aliphatic rings. The highest BCUT2D eigenvalue weighted by atomic mass is 35.5. The third kappa shape index (κ3) is 7.59. The molecule has 0 aliphatic heterocycles. The van der Waals surface area contributed by atoms with Crippen LogP contribution in [0.25, 0.3) is 0 Å². The summed E-state index contributed by atoms with van der Waals surface area (Å²) in [5, 5.41) is 0.492. The van der Waals surface area contributed by atoms with Gasteiger partial charge in [0.25, 0.3) is 0 Å². The SMILES string of the molecule is ClC1CCC(CCCCCCCCCC2CC2)CC1. The maximum absolute atomic E-state index is 6.15. The van der Waals surface area contributed by atoms with Crippen LogP contribution in [-0.4, -0.2) is 5.38 Å². The Morgan fingerprint density at radius 3 is 1.32 bits per heavy atom. The third-order valence-electron chi connectivity index (χ3n) is 5.20. The van der Waals surface area contributed by atoms with Crippen molar-refractivity contribution in [3.8, 4) is 0 Å². The first-order chi connectivity index (χ1) is 9.34. The van der Waals surface area contributed by atoms with Crippen molar-refractivity contribution in [2.45, 2.75) is 102 Å². The third-order valence-corrected chi connectivity index (χ3v) is 5.63. The maximum Gasteiger partial charge on any atom is 0.0336 e. The minimum absolute atomic E-state index is 0.492. The van der Waals surface area contributed by atoms with Crippen molar-refractivity contribution < 1.29 is 0 Å². The highest BCUT2D eigenvalue weighted by Gasteiger charge is 2.20. The minimum Gasteiger partial charge on any atom is -0.123 e. The Hall–Kier alpha value is 0.290. The van der Waals surface area contributed by atoms with Crippen molar-refractivity contribution >= 4 is 11.6 Å². The van der Waals surface area contributed by atoms with Gasteiger partial charge in [0.15, 0.2) is 0 Å². The van der Waals surface area contributed by atoms with E-state index in [-0.39, 0.29) is 0 Å². The van der Waals surface area contributed by atoms with Crippen LogP contribution in [0.4, 0.5) is 0 Å². The van der Waals surface area contributed by atoms with E-state index in [0.29, 0.717) is 5.38 Å². The first-order valence-electron chi connectivity index (χ1n) is 8.98. The molecule has 1 heteroatoms. The van der Waals surface area contributed by atoms with Gasteiger partial charge in [-0.25, -0.2) is 0 Å². The lowest BCUT2D eigenvalue weighted by atomic mass is 9.85. The molecule has 0 atom stereocenters. The van der Waals surface area contributed by atoms with Crippen LogP contribution >= 0.6 is 11.6 Å². The predicted molar refractivity (Wildman–Crippen MR) is 85.9 cm³/mol. The van der Waals surface area contributed by atoms with Crippen LogP contribution in [0, 0.1) is 11.8 Å². The van der Waals surface area contributed by atoms with Gasteiger partial charge in [0.1, 0.15) is 0 Å². The Morgan fingerprint density at radius 1 is 0.526 bits per heavy atom. The lowest BCUT2D eigenvalue weighted by Crippen LogP contribution is -2.14. The molecular formula is C18H33Cl. The van der Waals surface area contributed by atoms with Crippen molar-refractivity contribution in [1.82, 2.24) is 0 Å². The fourth-order valence-electron chi connectivity index (χ4n) is 3.57. The summed E-state index contributed by atoms with van der Waals surface area (Å²) in [5.41, 5.74) is 0. The maximum atomic E-state index is 6.15. The monoisotopic (exact) mass is 284 g/mol. The van der Waals surface area contributed by atoms with Gasteiger partial charge < -0.3 is 0 Å². The molecule has 0 heterocycles. The molecule has 2 fully saturated rings. The molecule has 2 saturated carbocycles. The van der Waals surface area contributed by atoms with Gasteiger partial charge in [-0.05, 0) is 37.5 Å². The second kappa shape index (κ2) is 9.27. The molecule has 2 rings (SSSR count). The summed E-state index contributed by atoms with van der Waals surface area (Å²) in [7, 11) is 0. The first kappa shape index (κ1) is 15.7. The fourth-order valence-corrected chi connectivity index (χ4v) is 3.82. The van der Waals surface area contributed by atoms with E-state index in [1.807, 2.05) is 0 Å². The van der Waals surface area contributed by atoms with Crippen molar-refractivity contribution in [2.75, 3.05) is 0 Å². The molecule has 0 nitrogen and oxygen atoms in total. The average Bonchev–Trinajstić information content (AvgIpc) is 3.23. The Morgan fingerprint density at radius 2 is 0.895 bits per heavy atom. The molecular weight excluding hydrogens is 252 g/mol. The van der Waals surface area contributed by atoms with Gasteiger partial charge in [-0.1, -0.05) is 70.6 Å². The smallest absolute Gasteiger partial charge is 0.0336 e. The van der Waals surface area contributed by atoms with Gasteiger partial charge in [-0.2, -0.15) is 0 Å². The number of alkyl halides is 1. The Bertz CT molecular complexity index is 214. The normalized spacial score (nSPS) is 27.6. The molecule has 0 bridgehead atoms. The quantitative estimate of drug-likeness (QED) is 0.309. The summed E-state index contributed by atoms with van der Waals surface area (Å²) in [6.07, 6.45) is 21.8. The van der Waals surface area contributed by atoms with E-state index < -0.39 is 0 Å². The number of unbranched alkanes of at least 4 members (excludes halogenated alkanes) is 6. The second-order valence-electron chi connectivity index (χ2n) is 7.11. The Balaban J connectivity index is 1.30. The van der Waals surface area contributed by atoms with E-state index >= 15 is 0 Å². The van der Waals surface area contributed by atoms with Crippen LogP contribution < -0.4 is 0 Å². The zero-order chi connectivity index (χ0) is 13.3. The summed E-state index contributed by atoms with van der Waals surface area (Å²) in [4.78, 5) is 0. The van der Waals surface area contributed by atoms with E-state index in [1.165, 1.54) is 96.3 Å². The second-order valence-corrected chi connectivity index (χ2v) is 7.73. The highest BCUT2D eigenvalue weighted by Crippen LogP contribution is 2.34. The topological polar surface area (TPSA) is 0 Å². The molecule has 0 unspecified atom stereocenters. The van der Waals surface area contributed by atoms with E-state index in [0.717, 1.165) is 11.8 Å². The first-order valence-corrected chi connectivity index (χ1v) is 9.42. The standard InChI is InChI=1S/C18H33Cl/c19-18-14-12-17(13-15-18)9-7-5-3-1-2-4-6-8-16-10-11-16/h16-18H,1-15H2. The zero-order valence-electron chi connectivity index (χ0n) is 12.7. The van der Waals surface area contributed by atoms with E-state index in [4.69, 9.17) is 11.6 Å². The molecule has 0 N–H and O–H groups in total. The Kier molecular flexibility index (Phi) is 7.65. The van der Waals surface area contributed by atoms with Crippen LogP contribution in [0.2, 0.25) is 0 Å². The highest BCUT2D eigenvalue weighted by molar-refractivity contribution is 6.20. The molecule has 0 aromatic heterocycles. The number of hydrogen-bond acceptors (Lipinski definition) is 0. The largest absolute Gasteiger partial charge is 0.123 e. The van der Waals surface area contributed by atoms with Crippen LogP contribution in [-0.2, 0) is 0 Å². The summed E-state index contributed by atoms with van der Waals surface area (Å²) >= 11 is 6.15. The van der Waals surface area contributed by atoms with Gasteiger partial charge in [0.2, 0.25) is 0 Å². The molecule has 0 aromatic rings. The lowest BCUT2D eigenvalue weighted by Gasteiger charge is -2.24. The molecule has 19 heavy (non-hydrogen) atoms. The zero-order valence-corrected chi connectivity index (χ0v) is 13.5. The van der Waals surface area contributed by atoms with Crippen molar-refractivity contribution in [1.29, 1.82) is 0 Å². The van der Waals surface area contributed by atoms with Crippen LogP contribution in [0.5, 0.6) is 0 Å².